The van der Waals surface area contributed by atoms with Crippen LogP contribution in [0.5, 0.6) is 0 Å². The van der Waals surface area contributed by atoms with E-state index < -0.39 is 0 Å². The maximum absolute atomic E-state index is 5.83. The first-order chi connectivity index (χ1) is 31.8. The van der Waals surface area contributed by atoms with Crippen LogP contribution in [-0.4, -0.2) is 117 Å². The number of hydrogen-bond acceptors (Lipinski definition) is 10. The average Bonchev–Trinajstić information content (AvgIpc) is 4.17. The van der Waals surface area contributed by atoms with Crippen molar-refractivity contribution in [3.05, 3.63) is 127 Å². The molecule has 326 valence electrons. The summed E-state index contributed by atoms with van der Waals surface area (Å²) in [6.45, 7) is 8.85. The number of imidazole rings is 2. The zero-order valence-corrected chi connectivity index (χ0v) is 36.6. The number of aromatic nitrogens is 8. The summed E-state index contributed by atoms with van der Waals surface area (Å²) >= 11 is 0. The van der Waals surface area contributed by atoms with E-state index in [0.29, 0.717) is 6.54 Å². The molecule has 12 rings (SSSR count). The highest BCUT2D eigenvalue weighted by atomic mass is 15.3. The third kappa shape index (κ3) is 7.81. The van der Waals surface area contributed by atoms with Gasteiger partial charge in [0, 0.05) is 75.4 Å². The van der Waals surface area contributed by atoms with Gasteiger partial charge in [0.15, 0.2) is 11.6 Å². The number of likely N-dealkylation sites (N-methyl/N-ethyl adjacent to an activating group) is 2. The molecule has 0 saturated carbocycles. The lowest BCUT2D eigenvalue weighted by molar-refractivity contribution is 0.313. The van der Waals surface area contributed by atoms with Crippen molar-refractivity contribution in [1.29, 1.82) is 0 Å². The number of aromatic amines is 4. The van der Waals surface area contributed by atoms with Crippen molar-refractivity contribution < 1.29 is 0 Å². The first kappa shape index (κ1) is 40.3. The fourth-order valence-corrected chi connectivity index (χ4v) is 9.13. The van der Waals surface area contributed by atoms with Gasteiger partial charge < -0.3 is 41.0 Å². The van der Waals surface area contributed by atoms with Crippen molar-refractivity contribution in [2.75, 3.05) is 82.0 Å². The number of rotatable bonds is 7. The summed E-state index contributed by atoms with van der Waals surface area (Å²) in [7, 11) is 4.35. The Morgan fingerprint density at radius 3 is 1.37 bits per heavy atom. The van der Waals surface area contributed by atoms with E-state index in [4.69, 9.17) is 21.4 Å². The highest BCUT2D eigenvalue weighted by Gasteiger charge is 2.22. The maximum Gasteiger partial charge on any atom is 0.159 e. The molecule has 10 aromatic rings. The summed E-state index contributed by atoms with van der Waals surface area (Å²) in [6, 6.07) is 41.7. The number of nitrogens with zero attached hydrogens (tertiary/aromatic N) is 8. The smallest absolute Gasteiger partial charge is 0.159 e. The summed E-state index contributed by atoms with van der Waals surface area (Å²) in [6.07, 6.45) is 0. The summed E-state index contributed by atoms with van der Waals surface area (Å²) in [4.78, 5) is 26.5. The predicted octanol–water partition coefficient (Wildman–Crippen LogP) is 8.09. The van der Waals surface area contributed by atoms with Crippen molar-refractivity contribution in [1.82, 2.24) is 50.1 Å². The normalized spacial score (nSPS) is 15.1. The predicted molar refractivity (Wildman–Crippen MR) is 265 cm³/mol. The quantitative estimate of drug-likeness (QED) is 0.0858. The SMILES string of the molecule is CN1CCN(c2cccc3[nH]c(-c4n[nH]c5cc(-c6ccc(CN)cc6)ccc45)nc23)CC1.CN1CCN(c2cccc3[nH]c(-c4n[nH]c5cc(-c6ccc(N)cc6)ccc45)nc23)CC1. The minimum atomic E-state index is 0.553. The molecular formula is C51H52N14. The number of benzene rings is 6. The van der Waals surface area contributed by atoms with Gasteiger partial charge in [-0.1, -0.05) is 60.7 Å². The van der Waals surface area contributed by atoms with Crippen LogP contribution in [0.2, 0.25) is 0 Å². The van der Waals surface area contributed by atoms with Crippen LogP contribution >= 0.6 is 0 Å². The van der Waals surface area contributed by atoms with E-state index in [2.05, 4.69) is 161 Å². The molecule has 8 N–H and O–H groups in total. The number of hydrogen-bond donors (Lipinski definition) is 6. The second kappa shape index (κ2) is 16.9. The molecule has 0 bridgehead atoms. The molecule has 0 radical (unpaired) electrons. The first-order valence-electron chi connectivity index (χ1n) is 22.3. The van der Waals surface area contributed by atoms with Crippen LogP contribution in [0.4, 0.5) is 17.1 Å². The molecule has 14 nitrogen and oxygen atoms in total. The van der Waals surface area contributed by atoms with E-state index in [1.165, 1.54) is 11.4 Å². The molecule has 14 heteroatoms. The van der Waals surface area contributed by atoms with E-state index in [-0.39, 0.29) is 0 Å². The first-order valence-corrected chi connectivity index (χ1v) is 22.3. The third-order valence-electron chi connectivity index (χ3n) is 13.0. The van der Waals surface area contributed by atoms with E-state index >= 15 is 0 Å². The van der Waals surface area contributed by atoms with Gasteiger partial charge >= 0.3 is 0 Å². The Labute approximate surface area is 376 Å². The molecular weight excluding hydrogens is 809 g/mol. The Bertz CT molecular complexity index is 3270. The molecule has 4 aromatic heterocycles. The van der Waals surface area contributed by atoms with E-state index in [1.54, 1.807) is 0 Å². The van der Waals surface area contributed by atoms with Gasteiger partial charge in [0.25, 0.3) is 0 Å². The van der Waals surface area contributed by atoms with E-state index in [0.717, 1.165) is 153 Å². The number of H-pyrrole nitrogens is 4. The van der Waals surface area contributed by atoms with Crippen molar-refractivity contribution in [3.8, 4) is 45.3 Å². The Morgan fingerprint density at radius 2 is 0.923 bits per heavy atom. The minimum absolute atomic E-state index is 0.553. The zero-order valence-electron chi connectivity index (χ0n) is 36.6. The molecule has 0 aliphatic carbocycles. The Kier molecular flexibility index (Phi) is 10.5. The van der Waals surface area contributed by atoms with Crippen LogP contribution in [-0.2, 0) is 6.54 Å². The molecule has 0 unspecified atom stereocenters. The van der Waals surface area contributed by atoms with Gasteiger partial charge in [-0.15, -0.1) is 0 Å². The van der Waals surface area contributed by atoms with Crippen molar-refractivity contribution in [2.24, 2.45) is 5.73 Å². The zero-order chi connectivity index (χ0) is 44.0. The molecule has 2 aliphatic heterocycles. The standard InChI is InChI=1S/C26H27N7.C25H25N7/c1-32-11-13-33(14-12-32)23-4-2-3-21-25(23)29-26(28-21)24-20-10-9-19(15-22(20)30-31-24)18-7-5-17(16-27)6-8-18;1-31-11-13-32(14-12-31)22-4-2-3-20-24(22)28-25(27-20)23-19-10-7-17(15-21(19)29-30-23)16-5-8-18(26)9-6-16/h2-10,15H,11-14,16,27H2,1H3,(H,28,29)(H,30,31);2-10,15H,11-14,26H2,1H3,(H,27,28)(H,29,30). The number of piperazine rings is 2. The number of fused-ring (bicyclic) bond motifs is 4. The molecule has 0 amide bonds. The molecule has 2 aliphatic rings. The van der Waals surface area contributed by atoms with E-state index in [1.807, 2.05) is 24.3 Å². The molecule has 65 heavy (non-hydrogen) atoms. The molecule has 2 saturated heterocycles. The minimum Gasteiger partial charge on any atom is -0.399 e. The summed E-state index contributed by atoms with van der Waals surface area (Å²) in [5, 5.41) is 17.7. The summed E-state index contributed by atoms with van der Waals surface area (Å²) in [5.74, 6) is 1.57. The topological polar surface area (TPSA) is 180 Å². The van der Waals surface area contributed by atoms with Gasteiger partial charge in [-0.2, -0.15) is 10.2 Å². The molecule has 0 atom stereocenters. The molecule has 6 heterocycles. The van der Waals surface area contributed by atoms with Gasteiger partial charge in [0.1, 0.15) is 22.4 Å². The van der Waals surface area contributed by atoms with Gasteiger partial charge in [-0.05, 0) is 103 Å². The van der Waals surface area contributed by atoms with Gasteiger partial charge in [0.2, 0.25) is 0 Å². The van der Waals surface area contributed by atoms with Gasteiger partial charge in [-0.25, -0.2) is 9.97 Å². The summed E-state index contributed by atoms with van der Waals surface area (Å²) < 4.78 is 0. The van der Waals surface area contributed by atoms with Crippen LogP contribution < -0.4 is 21.3 Å². The Balaban J connectivity index is 0.000000144. The monoisotopic (exact) mass is 860 g/mol. The molecule has 6 aromatic carbocycles. The summed E-state index contributed by atoms with van der Waals surface area (Å²) in [5.41, 5.74) is 28.1. The highest BCUT2D eigenvalue weighted by molar-refractivity contribution is 5.99. The van der Waals surface area contributed by atoms with Crippen LogP contribution in [0, 0.1) is 0 Å². The Hall–Kier alpha value is -7.52. The van der Waals surface area contributed by atoms with Crippen molar-refractivity contribution in [2.45, 2.75) is 6.54 Å². The average molecular weight is 861 g/mol. The van der Waals surface area contributed by atoms with Crippen LogP contribution in [0.3, 0.4) is 0 Å². The van der Waals surface area contributed by atoms with Crippen molar-refractivity contribution in [3.63, 3.8) is 0 Å². The highest BCUT2D eigenvalue weighted by Crippen LogP contribution is 2.35. The third-order valence-corrected chi connectivity index (χ3v) is 13.0. The largest absolute Gasteiger partial charge is 0.399 e. The fraction of sp³-hybridized carbons (Fsp3) is 0.216. The number of nitrogens with one attached hydrogen (secondary N) is 4. The van der Waals surface area contributed by atoms with Crippen molar-refractivity contribution >= 4 is 60.9 Å². The second-order valence-electron chi connectivity index (χ2n) is 17.3. The lowest BCUT2D eigenvalue weighted by Crippen LogP contribution is -2.44. The number of para-hydroxylation sites is 2. The molecule has 2 fully saturated rings. The van der Waals surface area contributed by atoms with E-state index in [9.17, 15) is 0 Å². The maximum atomic E-state index is 5.83. The number of nitrogens with two attached hydrogens (primary N) is 2. The second-order valence-corrected chi connectivity index (χ2v) is 17.3. The lowest BCUT2D eigenvalue weighted by Gasteiger charge is -2.34. The van der Waals surface area contributed by atoms with Crippen LogP contribution in [0.15, 0.2) is 121 Å². The van der Waals surface area contributed by atoms with Gasteiger partial charge in [0.05, 0.1) is 33.4 Å². The molecule has 0 spiro atoms. The Morgan fingerprint density at radius 1 is 0.492 bits per heavy atom. The van der Waals surface area contributed by atoms with Crippen LogP contribution in [0.1, 0.15) is 5.56 Å². The fourth-order valence-electron chi connectivity index (χ4n) is 9.13. The lowest BCUT2D eigenvalue weighted by atomic mass is 10.0. The van der Waals surface area contributed by atoms with Crippen LogP contribution in [0.25, 0.3) is 89.2 Å². The number of nitrogen functional groups attached to an aromatic ring is 1. The number of anilines is 3. The van der Waals surface area contributed by atoms with Gasteiger partial charge in [-0.3, -0.25) is 10.2 Å².